The number of carbonyl (C=O) groups excluding carboxylic acids is 1. The van der Waals surface area contributed by atoms with Crippen molar-refractivity contribution in [3.8, 4) is 0 Å². The first-order valence-electron chi connectivity index (χ1n) is 10.4. The third-order valence-electron chi connectivity index (χ3n) is 5.80. The van der Waals surface area contributed by atoms with Crippen LogP contribution in [0.1, 0.15) is 47.3 Å². The van der Waals surface area contributed by atoms with Crippen molar-refractivity contribution < 1.29 is 4.79 Å². The number of hydrogen-bond acceptors (Lipinski definition) is 3. The van der Waals surface area contributed by atoms with Gasteiger partial charge in [0.25, 0.3) is 5.91 Å². The average molecular weight is 423 g/mol. The molecule has 0 saturated heterocycles. The van der Waals surface area contributed by atoms with Crippen molar-refractivity contribution in [2.75, 3.05) is 11.9 Å². The molecular formula is C24H27ClN4O. The molecule has 2 atom stereocenters. The number of benzene rings is 2. The minimum atomic E-state index is -0.127. The number of fused-ring (bicyclic) bond motifs is 1. The van der Waals surface area contributed by atoms with Crippen molar-refractivity contribution in [1.82, 2.24) is 15.1 Å². The lowest BCUT2D eigenvalue weighted by molar-refractivity contribution is 0.0927. The molecule has 0 aliphatic carbocycles. The predicted molar refractivity (Wildman–Crippen MR) is 121 cm³/mol. The number of halogens is 1. The van der Waals surface area contributed by atoms with E-state index >= 15 is 0 Å². The molecule has 1 amide bonds. The first-order chi connectivity index (χ1) is 14.5. The molecule has 156 valence electrons. The maximum absolute atomic E-state index is 12.7. The van der Waals surface area contributed by atoms with Gasteiger partial charge >= 0.3 is 0 Å². The summed E-state index contributed by atoms with van der Waals surface area (Å²) >= 11 is 6.00. The van der Waals surface area contributed by atoms with Crippen molar-refractivity contribution in [3.63, 3.8) is 0 Å². The molecule has 2 unspecified atom stereocenters. The van der Waals surface area contributed by atoms with Crippen LogP contribution in [0.3, 0.4) is 0 Å². The van der Waals surface area contributed by atoms with Crippen LogP contribution < -0.4 is 10.2 Å². The Morgan fingerprint density at radius 1 is 1.10 bits per heavy atom. The fraction of sp³-hybridized carbons (Fsp3) is 0.333. The molecular weight excluding hydrogens is 396 g/mol. The first-order valence-corrected chi connectivity index (χ1v) is 10.8. The molecule has 1 aliphatic rings. The van der Waals surface area contributed by atoms with E-state index in [1.807, 2.05) is 42.1 Å². The molecule has 30 heavy (non-hydrogen) atoms. The van der Waals surface area contributed by atoms with Crippen molar-refractivity contribution in [2.24, 2.45) is 0 Å². The molecule has 0 bridgehead atoms. The first kappa shape index (κ1) is 20.5. The SMILES string of the molecule is CC(CCCc1ccccc1)n1ncc2c1N(C)C(Cc1ccc(Cl)cc1)NC2=O. The van der Waals surface area contributed by atoms with Crippen molar-refractivity contribution >= 4 is 23.3 Å². The van der Waals surface area contributed by atoms with E-state index in [-0.39, 0.29) is 18.1 Å². The topological polar surface area (TPSA) is 50.2 Å². The lowest BCUT2D eigenvalue weighted by atomic mass is 10.0. The van der Waals surface area contributed by atoms with Crippen LogP contribution in [0.5, 0.6) is 0 Å². The summed E-state index contributed by atoms with van der Waals surface area (Å²) in [7, 11) is 2.02. The largest absolute Gasteiger partial charge is 0.339 e. The number of hydrogen-bond donors (Lipinski definition) is 1. The Labute approximate surface area is 182 Å². The summed E-state index contributed by atoms with van der Waals surface area (Å²) in [5.74, 6) is 0.828. The molecule has 1 N–H and O–H groups in total. The van der Waals surface area contributed by atoms with Crippen LogP contribution in [-0.4, -0.2) is 28.9 Å². The summed E-state index contributed by atoms with van der Waals surface area (Å²) in [6.07, 6.45) is 5.38. The monoisotopic (exact) mass is 422 g/mol. The summed E-state index contributed by atoms with van der Waals surface area (Å²) < 4.78 is 2.01. The van der Waals surface area contributed by atoms with Gasteiger partial charge in [0.05, 0.1) is 12.2 Å². The van der Waals surface area contributed by atoms with E-state index in [1.54, 1.807) is 6.20 Å². The van der Waals surface area contributed by atoms with Crippen LogP contribution in [0.25, 0.3) is 0 Å². The number of anilines is 1. The minimum Gasteiger partial charge on any atom is -0.339 e. The predicted octanol–water partition coefficient (Wildman–Crippen LogP) is 4.87. The lowest BCUT2D eigenvalue weighted by Gasteiger charge is -2.36. The average Bonchev–Trinajstić information content (AvgIpc) is 3.20. The van der Waals surface area contributed by atoms with E-state index < -0.39 is 0 Å². The molecule has 1 aliphatic heterocycles. The molecule has 2 heterocycles. The number of likely N-dealkylation sites (N-methyl/N-ethyl adjacent to an activating group) is 1. The Bertz CT molecular complexity index is 1000. The zero-order valence-electron chi connectivity index (χ0n) is 17.4. The summed E-state index contributed by atoms with van der Waals surface area (Å²) in [4.78, 5) is 14.8. The third kappa shape index (κ3) is 4.36. The van der Waals surface area contributed by atoms with Crippen LogP contribution in [0, 0.1) is 0 Å². The summed E-state index contributed by atoms with van der Waals surface area (Å²) in [5, 5.41) is 8.39. The van der Waals surface area contributed by atoms with E-state index in [1.165, 1.54) is 5.56 Å². The second-order valence-electron chi connectivity index (χ2n) is 7.98. The number of aryl methyl sites for hydroxylation is 1. The van der Waals surface area contributed by atoms with Gasteiger partial charge in [-0.1, -0.05) is 54.1 Å². The molecule has 0 saturated carbocycles. The van der Waals surface area contributed by atoms with Crippen LogP contribution in [0.15, 0.2) is 60.8 Å². The van der Waals surface area contributed by atoms with Crippen LogP contribution in [-0.2, 0) is 12.8 Å². The Morgan fingerprint density at radius 3 is 2.57 bits per heavy atom. The van der Waals surface area contributed by atoms with Crippen molar-refractivity contribution in [2.45, 2.75) is 44.8 Å². The fourth-order valence-corrected chi connectivity index (χ4v) is 4.19. The Hall–Kier alpha value is -2.79. The van der Waals surface area contributed by atoms with Crippen LogP contribution >= 0.6 is 11.6 Å². The van der Waals surface area contributed by atoms with Gasteiger partial charge in [-0.2, -0.15) is 5.10 Å². The van der Waals surface area contributed by atoms with E-state index in [0.29, 0.717) is 17.0 Å². The maximum atomic E-state index is 12.7. The van der Waals surface area contributed by atoms with Crippen molar-refractivity contribution in [3.05, 3.63) is 82.5 Å². The zero-order valence-corrected chi connectivity index (χ0v) is 18.1. The van der Waals surface area contributed by atoms with Gasteiger partial charge in [-0.15, -0.1) is 0 Å². The highest BCUT2D eigenvalue weighted by Gasteiger charge is 2.33. The van der Waals surface area contributed by atoms with Gasteiger partial charge < -0.3 is 10.2 Å². The highest BCUT2D eigenvalue weighted by atomic mass is 35.5. The molecule has 5 nitrogen and oxygen atoms in total. The smallest absolute Gasteiger partial charge is 0.258 e. The molecule has 4 rings (SSSR count). The molecule has 0 spiro atoms. The Balaban J connectivity index is 1.47. The van der Waals surface area contributed by atoms with Gasteiger partial charge in [-0.25, -0.2) is 4.68 Å². The zero-order chi connectivity index (χ0) is 21.1. The van der Waals surface area contributed by atoms with Gasteiger partial charge in [-0.3, -0.25) is 4.79 Å². The quantitative estimate of drug-likeness (QED) is 0.591. The van der Waals surface area contributed by atoms with E-state index in [4.69, 9.17) is 11.6 Å². The Kier molecular flexibility index (Phi) is 6.09. The van der Waals surface area contributed by atoms with Gasteiger partial charge in [0, 0.05) is 18.5 Å². The normalized spacial score (nSPS) is 16.8. The molecule has 6 heteroatoms. The number of nitrogens with one attached hydrogen (secondary N) is 1. The number of carbonyl (C=O) groups is 1. The van der Waals surface area contributed by atoms with Crippen molar-refractivity contribution in [1.29, 1.82) is 0 Å². The highest BCUT2D eigenvalue weighted by molar-refractivity contribution is 6.30. The molecule has 0 radical (unpaired) electrons. The highest BCUT2D eigenvalue weighted by Crippen LogP contribution is 2.30. The standard InChI is InChI=1S/C24H27ClN4O/c1-17(7-6-10-18-8-4-3-5-9-18)29-24-21(16-26-29)23(30)27-22(28(24)2)15-19-11-13-20(25)14-12-19/h3-5,8-9,11-14,16-17,22H,6-7,10,15H2,1-2H3,(H,27,30). The number of nitrogens with zero attached hydrogens (tertiary/aromatic N) is 3. The Morgan fingerprint density at radius 2 is 1.83 bits per heavy atom. The second-order valence-corrected chi connectivity index (χ2v) is 8.42. The number of amides is 1. The summed E-state index contributed by atoms with van der Waals surface area (Å²) in [5.41, 5.74) is 3.12. The van der Waals surface area contributed by atoms with E-state index in [2.05, 4.69) is 46.5 Å². The van der Waals surface area contributed by atoms with Gasteiger partial charge in [0.15, 0.2) is 0 Å². The van der Waals surface area contributed by atoms with Gasteiger partial charge in [0.2, 0.25) is 0 Å². The van der Waals surface area contributed by atoms with Crippen LogP contribution in [0.4, 0.5) is 5.82 Å². The lowest BCUT2D eigenvalue weighted by Crippen LogP contribution is -2.52. The maximum Gasteiger partial charge on any atom is 0.258 e. The third-order valence-corrected chi connectivity index (χ3v) is 6.06. The summed E-state index contributed by atoms with van der Waals surface area (Å²) in [6, 6.07) is 18.5. The molecule has 0 fully saturated rings. The minimum absolute atomic E-state index is 0.0650. The fourth-order valence-electron chi connectivity index (χ4n) is 4.06. The summed E-state index contributed by atoms with van der Waals surface area (Å²) in [6.45, 7) is 2.17. The number of rotatable bonds is 7. The van der Waals surface area contributed by atoms with Gasteiger partial charge in [-0.05, 0) is 49.4 Å². The van der Waals surface area contributed by atoms with Gasteiger partial charge in [0.1, 0.15) is 17.5 Å². The molecule has 3 aromatic rings. The van der Waals surface area contributed by atoms with E-state index in [0.717, 1.165) is 30.6 Å². The van der Waals surface area contributed by atoms with E-state index in [9.17, 15) is 4.79 Å². The molecule has 1 aromatic heterocycles. The second kappa shape index (κ2) is 8.92. The van der Waals surface area contributed by atoms with Crippen LogP contribution in [0.2, 0.25) is 5.02 Å². The molecule has 2 aromatic carbocycles. The number of aromatic nitrogens is 2.